The SMILES string of the molecule is COc1ccc(C2=NN(Cc3n[nH]c(=S)n3-c3ccc(Br)cc3)C(=O)CC2)cc1. The second-order valence-corrected chi connectivity index (χ2v) is 7.79. The zero-order valence-electron chi connectivity index (χ0n) is 15.6. The van der Waals surface area contributed by atoms with Gasteiger partial charge in [0, 0.05) is 23.0 Å². The number of aromatic nitrogens is 3. The number of carbonyl (C=O) groups excluding carboxylic acids is 1. The van der Waals surface area contributed by atoms with Crippen LogP contribution in [0.1, 0.15) is 24.2 Å². The summed E-state index contributed by atoms with van der Waals surface area (Å²) in [5, 5.41) is 13.2. The number of hydrogen-bond acceptors (Lipinski definition) is 5. The molecule has 0 spiro atoms. The normalized spacial score (nSPS) is 14.1. The molecule has 1 amide bonds. The molecule has 0 saturated carbocycles. The largest absolute Gasteiger partial charge is 0.497 e. The fraction of sp³-hybridized carbons (Fsp3) is 0.200. The molecule has 0 fully saturated rings. The minimum Gasteiger partial charge on any atom is -0.497 e. The molecule has 148 valence electrons. The first-order chi connectivity index (χ1) is 14.0. The summed E-state index contributed by atoms with van der Waals surface area (Å²) < 4.78 is 8.45. The first-order valence-corrected chi connectivity index (χ1v) is 10.2. The smallest absolute Gasteiger partial charge is 0.243 e. The Balaban J connectivity index is 1.64. The van der Waals surface area contributed by atoms with Gasteiger partial charge >= 0.3 is 0 Å². The highest BCUT2D eigenvalue weighted by Crippen LogP contribution is 2.21. The van der Waals surface area contributed by atoms with Crippen molar-refractivity contribution in [3.05, 3.63) is 69.2 Å². The van der Waals surface area contributed by atoms with Gasteiger partial charge < -0.3 is 4.74 Å². The number of halogens is 1. The number of ether oxygens (including phenoxy) is 1. The molecule has 0 aliphatic carbocycles. The highest BCUT2D eigenvalue weighted by Gasteiger charge is 2.23. The van der Waals surface area contributed by atoms with E-state index in [0.717, 1.165) is 27.2 Å². The van der Waals surface area contributed by atoms with Crippen LogP contribution in [0.3, 0.4) is 0 Å². The lowest BCUT2D eigenvalue weighted by atomic mass is 10.0. The lowest BCUT2D eigenvalue weighted by Crippen LogP contribution is -2.32. The second-order valence-electron chi connectivity index (χ2n) is 6.48. The lowest BCUT2D eigenvalue weighted by molar-refractivity contribution is -0.132. The Hall–Kier alpha value is -2.78. The summed E-state index contributed by atoms with van der Waals surface area (Å²) in [6, 6.07) is 15.4. The van der Waals surface area contributed by atoms with Crippen LogP contribution in [-0.4, -0.2) is 38.5 Å². The van der Waals surface area contributed by atoms with E-state index < -0.39 is 0 Å². The van der Waals surface area contributed by atoms with Crippen molar-refractivity contribution in [2.45, 2.75) is 19.4 Å². The highest BCUT2D eigenvalue weighted by molar-refractivity contribution is 9.10. The van der Waals surface area contributed by atoms with Gasteiger partial charge in [0.1, 0.15) is 12.3 Å². The molecular weight excluding hydrogens is 454 g/mol. The van der Waals surface area contributed by atoms with Gasteiger partial charge in [0.15, 0.2) is 10.6 Å². The van der Waals surface area contributed by atoms with E-state index in [2.05, 4.69) is 31.2 Å². The second kappa shape index (κ2) is 8.30. The van der Waals surface area contributed by atoms with E-state index in [1.807, 2.05) is 53.1 Å². The summed E-state index contributed by atoms with van der Waals surface area (Å²) in [6.07, 6.45) is 0.996. The number of hydrazone groups is 1. The quantitative estimate of drug-likeness (QED) is 0.564. The van der Waals surface area contributed by atoms with Crippen molar-refractivity contribution < 1.29 is 9.53 Å². The van der Waals surface area contributed by atoms with Crippen molar-refractivity contribution in [2.75, 3.05) is 7.11 Å². The van der Waals surface area contributed by atoms with Crippen LogP contribution in [0.25, 0.3) is 5.69 Å². The van der Waals surface area contributed by atoms with Gasteiger partial charge in [0.25, 0.3) is 0 Å². The number of H-pyrrole nitrogens is 1. The monoisotopic (exact) mass is 471 g/mol. The molecule has 0 saturated heterocycles. The number of nitrogens with zero attached hydrogens (tertiary/aromatic N) is 4. The Morgan fingerprint density at radius 2 is 1.86 bits per heavy atom. The number of nitrogens with one attached hydrogen (secondary N) is 1. The van der Waals surface area contributed by atoms with E-state index in [0.29, 0.717) is 23.4 Å². The van der Waals surface area contributed by atoms with Crippen LogP contribution in [0.2, 0.25) is 0 Å². The number of aromatic amines is 1. The average Bonchev–Trinajstić information content (AvgIpc) is 3.10. The molecule has 1 aliphatic heterocycles. The van der Waals surface area contributed by atoms with Gasteiger partial charge in [0.05, 0.1) is 12.8 Å². The third-order valence-corrected chi connectivity index (χ3v) is 5.45. The summed E-state index contributed by atoms with van der Waals surface area (Å²) in [5.74, 6) is 1.35. The standard InChI is InChI=1S/C20H18BrN5O2S/c1-28-16-8-2-13(3-9-16)17-10-11-19(27)25(24-17)12-18-22-23-20(29)26(18)15-6-4-14(21)5-7-15/h2-9H,10-12H2,1H3,(H,23,29). The maximum atomic E-state index is 12.5. The number of benzene rings is 2. The number of amides is 1. The number of hydrogen-bond donors (Lipinski definition) is 1. The van der Waals surface area contributed by atoms with Crippen LogP contribution in [0.4, 0.5) is 0 Å². The number of rotatable bonds is 5. The average molecular weight is 472 g/mol. The molecule has 7 nitrogen and oxygen atoms in total. The van der Waals surface area contributed by atoms with E-state index in [9.17, 15) is 4.79 Å². The first-order valence-electron chi connectivity index (χ1n) is 8.99. The highest BCUT2D eigenvalue weighted by atomic mass is 79.9. The molecule has 3 aromatic rings. The lowest BCUT2D eigenvalue weighted by Gasteiger charge is -2.23. The molecular formula is C20H18BrN5O2S. The van der Waals surface area contributed by atoms with Gasteiger partial charge in [-0.2, -0.15) is 10.2 Å². The van der Waals surface area contributed by atoms with Gasteiger partial charge in [-0.1, -0.05) is 15.9 Å². The third kappa shape index (κ3) is 4.15. The molecule has 29 heavy (non-hydrogen) atoms. The van der Waals surface area contributed by atoms with Crippen LogP contribution in [0, 0.1) is 4.77 Å². The fourth-order valence-electron chi connectivity index (χ4n) is 3.14. The minimum absolute atomic E-state index is 0.0430. The summed E-state index contributed by atoms with van der Waals surface area (Å²) in [7, 11) is 1.63. The van der Waals surface area contributed by atoms with Gasteiger partial charge in [-0.25, -0.2) is 5.01 Å². The molecule has 0 unspecified atom stereocenters. The molecule has 0 radical (unpaired) electrons. The predicted octanol–water partition coefficient (Wildman–Crippen LogP) is 4.23. The molecule has 1 N–H and O–H groups in total. The molecule has 2 heterocycles. The number of methoxy groups -OCH3 is 1. The van der Waals surface area contributed by atoms with Crippen molar-refractivity contribution in [3.8, 4) is 11.4 Å². The van der Waals surface area contributed by atoms with E-state index in [1.54, 1.807) is 7.11 Å². The zero-order valence-corrected chi connectivity index (χ0v) is 18.0. The summed E-state index contributed by atoms with van der Waals surface area (Å²) in [5.41, 5.74) is 2.69. The molecule has 1 aliphatic rings. The van der Waals surface area contributed by atoms with Crippen LogP contribution in [-0.2, 0) is 11.3 Å². The van der Waals surface area contributed by atoms with Gasteiger partial charge in [-0.05, 0) is 66.3 Å². The van der Waals surface area contributed by atoms with Gasteiger partial charge in [0.2, 0.25) is 5.91 Å². The van der Waals surface area contributed by atoms with Crippen molar-refractivity contribution in [1.29, 1.82) is 0 Å². The Kier molecular flexibility index (Phi) is 5.59. The Bertz CT molecular complexity index is 1120. The molecule has 4 rings (SSSR count). The topological polar surface area (TPSA) is 75.5 Å². The van der Waals surface area contributed by atoms with Crippen molar-refractivity contribution in [2.24, 2.45) is 5.10 Å². The van der Waals surface area contributed by atoms with E-state index in [1.165, 1.54) is 5.01 Å². The Morgan fingerprint density at radius 1 is 1.14 bits per heavy atom. The van der Waals surface area contributed by atoms with Crippen LogP contribution < -0.4 is 4.74 Å². The van der Waals surface area contributed by atoms with E-state index in [4.69, 9.17) is 17.0 Å². The minimum atomic E-state index is -0.0430. The fourth-order valence-corrected chi connectivity index (χ4v) is 3.66. The molecule has 0 bridgehead atoms. The summed E-state index contributed by atoms with van der Waals surface area (Å²) in [4.78, 5) is 12.5. The van der Waals surface area contributed by atoms with Crippen LogP contribution >= 0.6 is 28.1 Å². The maximum absolute atomic E-state index is 12.5. The van der Waals surface area contributed by atoms with E-state index in [-0.39, 0.29) is 12.5 Å². The van der Waals surface area contributed by atoms with Gasteiger partial charge in [-0.3, -0.25) is 14.5 Å². The summed E-state index contributed by atoms with van der Waals surface area (Å²) >= 11 is 8.82. The molecule has 0 atom stereocenters. The maximum Gasteiger partial charge on any atom is 0.243 e. The molecule has 1 aromatic heterocycles. The molecule has 9 heteroatoms. The van der Waals surface area contributed by atoms with Gasteiger partial charge in [-0.15, -0.1) is 0 Å². The van der Waals surface area contributed by atoms with Crippen molar-refractivity contribution in [3.63, 3.8) is 0 Å². The number of carbonyl (C=O) groups is 1. The molecule has 2 aromatic carbocycles. The van der Waals surface area contributed by atoms with Crippen LogP contribution in [0.5, 0.6) is 5.75 Å². The van der Waals surface area contributed by atoms with Crippen molar-refractivity contribution >= 4 is 39.8 Å². The zero-order chi connectivity index (χ0) is 20.4. The van der Waals surface area contributed by atoms with Crippen molar-refractivity contribution in [1.82, 2.24) is 19.8 Å². The Labute approximate surface area is 181 Å². The third-order valence-electron chi connectivity index (χ3n) is 4.65. The van der Waals surface area contributed by atoms with E-state index >= 15 is 0 Å². The Morgan fingerprint density at radius 3 is 2.55 bits per heavy atom. The first kappa shape index (κ1) is 19.5. The summed E-state index contributed by atoms with van der Waals surface area (Å²) in [6.45, 7) is 0.224. The predicted molar refractivity (Wildman–Crippen MR) is 116 cm³/mol. The van der Waals surface area contributed by atoms with Crippen LogP contribution in [0.15, 0.2) is 58.1 Å².